The van der Waals surface area contributed by atoms with Gasteiger partial charge in [-0.05, 0) is 18.2 Å². The molecular formula is C15H20F3N3O5S2. The SMILES string of the molecule is CN(CC(=O)N1CCN(S(=O)(=O)c2cccc(C(F)(F)F)c2)CC1)S(C)(=O)=O. The van der Waals surface area contributed by atoms with Crippen molar-refractivity contribution >= 4 is 26.0 Å². The monoisotopic (exact) mass is 443 g/mol. The molecule has 0 N–H and O–H groups in total. The van der Waals surface area contributed by atoms with E-state index >= 15 is 0 Å². The van der Waals surface area contributed by atoms with E-state index < -0.39 is 42.6 Å². The third kappa shape index (κ3) is 5.21. The number of sulfonamides is 2. The largest absolute Gasteiger partial charge is 0.416 e. The second kappa shape index (κ2) is 7.97. The number of hydrogen-bond donors (Lipinski definition) is 0. The van der Waals surface area contributed by atoms with E-state index in [2.05, 4.69) is 0 Å². The van der Waals surface area contributed by atoms with Crippen LogP contribution in [0.4, 0.5) is 13.2 Å². The first kappa shape index (κ1) is 22.6. The topological polar surface area (TPSA) is 95.1 Å². The molecule has 0 saturated carbocycles. The highest BCUT2D eigenvalue weighted by atomic mass is 32.2. The zero-order valence-electron chi connectivity index (χ0n) is 15.2. The average Bonchev–Trinajstić information content (AvgIpc) is 2.60. The first-order chi connectivity index (χ1) is 12.7. The van der Waals surface area contributed by atoms with Gasteiger partial charge in [-0.1, -0.05) is 6.07 Å². The molecule has 2 rings (SSSR count). The van der Waals surface area contributed by atoms with Gasteiger partial charge >= 0.3 is 6.18 Å². The number of likely N-dealkylation sites (N-methyl/N-ethyl adjacent to an activating group) is 1. The van der Waals surface area contributed by atoms with Crippen LogP contribution in [0.5, 0.6) is 0 Å². The van der Waals surface area contributed by atoms with Crippen molar-refractivity contribution in [3.8, 4) is 0 Å². The number of nitrogens with zero attached hydrogens (tertiary/aromatic N) is 3. The van der Waals surface area contributed by atoms with Gasteiger partial charge < -0.3 is 4.90 Å². The van der Waals surface area contributed by atoms with Crippen molar-refractivity contribution in [1.29, 1.82) is 0 Å². The van der Waals surface area contributed by atoms with Gasteiger partial charge in [-0.25, -0.2) is 16.8 Å². The Morgan fingerprint density at radius 1 is 1.11 bits per heavy atom. The first-order valence-corrected chi connectivity index (χ1v) is 11.4. The lowest BCUT2D eigenvalue weighted by atomic mass is 10.2. The van der Waals surface area contributed by atoms with Crippen LogP contribution in [0.25, 0.3) is 0 Å². The number of rotatable bonds is 5. The van der Waals surface area contributed by atoms with Crippen LogP contribution in [0.1, 0.15) is 5.56 Å². The van der Waals surface area contributed by atoms with E-state index in [1.165, 1.54) is 11.9 Å². The van der Waals surface area contributed by atoms with E-state index in [4.69, 9.17) is 0 Å². The zero-order chi connectivity index (χ0) is 21.3. The number of amides is 1. The summed E-state index contributed by atoms with van der Waals surface area (Å²) < 4.78 is 88.4. The lowest BCUT2D eigenvalue weighted by Gasteiger charge is -2.34. The maximum Gasteiger partial charge on any atom is 0.416 e. The van der Waals surface area contributed by atoms with Crippen molar-refractivity contribution in [1.82, 2.24) is 13.5 Å². The predicted molar refractivity (Wildman–Crippen MR) is 94.3 cm³/mol. The van der Waals surface area contributed by atoms with Crippen molar-refractivity contribution in [2.75, 3.05) is 46.0 Å². The summed E-state index contributed by atoms with van der Waals surface area (Å²) in [5, 5.41) is 0. The minimum Gasteiger partial charge on any atom is -0.339 e. The van der Waals surface area contributed by atoms with Crippen molar-refractivity contribution in [2.24, 2.45) is 0 Å². The Labute approximate surface area is 161 Å². The Hall–Kier alpha value is -1.70. The van der Waals surface area contributed by atoms with Crippen LogP contribution in [-0.2, 0) is 31.0 Å². The summed E-state index contributed by atoms with van der Waals surface area (Å²) >= 11 is 0. The highest BCUT2D eigenvalue weighted by molar-refractivity contribution is 7.89. The van der Waals surface area contributed by atoms with Gasteiger partial charge in [-0.15, -0.1) is 0 Å². The standard InChI is InChI=1S/C15H20F3N3O5S2/c1-19(27(2,23)24)11-14(22)20-6-8-21(9-7-20)28(25,26)13-5-3-4-12(10-13)15(16,17)18/h3-5,10H,6-9,11H2,1-2H3. The second-order valence-corrected chi connectivity index (χ2v) is 10.4. The lowest BCUT2D eigenvalue weighted by molar-refractivity contribution is -0.137. The molecule has 0 bridgehead atoms. The van der Waals surface area contributed by atoms with Gasteiger partial charge in [0.2, 0.25) is 26.0 Å². The van der Waals surface area contributed by atoms with Crippen LogP contribution in [-0.4, -0.2) is 82.3 Å². The fourth-order valence-electron chi connectivity index (χ4n) is 2.57. The lowest BCUT2D eigenvalue weighted by Crippen LogP contribution is -2.52. The van der Waals surface area contributed by atoms with Gasteiger partial charge in [0, 0.05) is 33.2 Å². The second-order valence-electron chi connectivity index (χ2n) is 6.33. The van der Waals surface area contributed by atoms with Gasteiger partial charge in [-0.2, -0.15) is 21.8 Å². The molecule has 28 heavy (non-hydrogen) atoms. The number of carbonyl (C=O) groups is 1. The van der Waals surface area contributed by atoms with Gasteiger partial charge in [0.05, 0.1) is 23.3 Å². The van der Waals surface area contributed by atoms with Crippen LogP contribution in [0.15, 0.2) is 29.2 Å². The quantitative estimate of drug-likeness (QED) is 0.658. The minimum atomic E-state index is -4.66. The molecule has 1 amide bonds. The van der Waals surface area contributed by atoms with Crippen LogP contribution in [0.2, 0.25) is 0 Å². The molecule has 1 saturated heterocycles. The predicted octanol–water partition coefficient (Wildman–Crippen LogP) is 0.430. The van der Waals surface area contributed by atoms with Gasteiger partial charge in [0.15, 0.2) is 0 Å². The fourth-order valence-corrected chi connectivity index (χ4v) is 4.38. The highest BCUT2D eigenvalue weighted by Gasteiger charge is 2.34. The summed E-state index contributed by atoms with van der Waals surface area (Å²) in [5.41, 5.74) is -1.06. The summed E-state index contributed by atoms with van der Waals surface area (Å²) in [6.45, 7) is -0.567. The average molecular weight is 443 g/mol. The molecule has 1 heterocycles. The number of halogens is 3. The van der Waals surface area contributed by atoms with Crippen LogP contribution < -0.4 is 0 Å². The highest BCUT2D eigenvalue weighted by Crippen LogP contribution is 2.31. The first-order valence-electron chi connectivity index (χ1n) is 8.09. The fraction of sp³-hybridized carbons (Fsp3) is 0.533. The summed E-state index contributed by atoms with van der Waals surface area (Å²) in [6, 6.07) is 3.47. The molecular weight excluding hydrogens is 423 g/mol. The molecule has 0 aliphatic carbocycles. The number of piperazine rings is 1. The molecule has 1 aliphatic heterocycles. The van der Waals surface area contributed by atoms with Crippen molar-refractivity contribution in [2.45, 2.75) is 11.1 Å². The van der Waals surface area contributed by atoms with E-state index in [1.54, 1.807) is 0 Å². The van der Waals surface area contributed by atoms with Crippen molar-refractivity contribution < 1.29 is 34.8 Å². The summed E-state index contributed by atoms with van der Waals surface area (Å²) in [6.07, 6.45) is -3.71. The summed E-state index contributed by atoms with van der Waals surface area (Å²) in [7, 11) is -6.43. The summed E-state index contributed by atoms with van der Waals surface area (Å²) in [5.74, 6) is -0.482. The maximum atomic E-state index is 12.8. The molecule has 0 radical (unpaired) electrons. The smallest absolute Gasteiger partial charge is 0.339 e. The van der Waals surface area contributed by atoms with E-state index in [9.17, 15) is 34.8 Å². The van der Waals surface area contributed by atoms with Crippen molar-refractivity contribution in [3.63, 3.8) is 0 Å². The van der Waals surface area contributed by atoms with Crippen molar-refractivity contribution in [3.05, 3.63) is 29.8 Å². The molecule has 0 unspecified atom stereocenters. The molecule has 1 aromatic rings. The molecule has 0 atom stereocenters. The molecule has 8 nitrogen and oxygen atoms in total. The number of carbonyl (C=O) groups excluding carboxylic acids is 1. The van der Waals surface area contributed by atoms with E-state index in [1.807, 2.05) is 0 Å². The Kier molecular flexibility index (Phi) is 6.43. The Morgan fingerprint density at radius 2 is 1.68 bits per heavy atom. The molecule has 158 valence electrons. The number of alkyl halides is 3. The Bertz CT molecular complexity index is 940. The van der Waals surface area contributed by atoms with Gasteiger partial charge in [0.1, 0.15) is 0 Å². The van der Waals surface area contributed by atoms with Crippen LogP contribution in [0.3, 0.4) is 0 Å². The van der Waals surface area contributed by atoms with E-state index in [0.717, 1.165) is 33.1 Å². The Balaban J connectivity index is 2.07. The molecule has 0 spiro atoms. The van der Waals surface area contributed by atoms with E-state index in [-0.39, 0.29) is 32.7 Å². The third-order valence-corrected chi connectivity index (χ3v) is 7.47. The maximum absolute atomic E-state index is 12.8. The van der Waals surface area contributed by atoms with Crippen LogP contribution in [0, 0.1) is 0 Å². The third-order valence-electron chi connectivity index (χ3n) is 4.31. The summed E-state index contributed by atoms with van der Waals surface area (Å²) in [4.78, 5) is 13.0. The molecule has 13 heteroatoms. The Morgan fingerprint density at radius 3 is 2.18 bits per heavy atom. The van der Waals surface area contributed by atoms with E-state index in [0.29, 0.717) is 6.07 Å². The number of hydrogen-bond acceptors (Lipinski definition) is 5. The van der Waals surface area contributed by atoms with Gasteiger partial charge in [0.25, 0.3) is 0 Å². The molecule has 1 aliphatic rings. The van der Waals surface area contributed by atoms with Gasteiger partial charge in [-0.3, -0.25) is 4.79 Å². The molecule has 0 aromatic heterocycles. The normalized spacial score (nSPS) is 17.1. The molecule has 1 fully saturated rings. The van der Waals surface area contributed by atoms with Crippen LogP contribution >= 0.6 is 0 Å². The molecule has 1 aromatic carbocycles. The minimum absolute atomic E-state index is 0.00856. The number of benzene rings is 1. The zero-order valence-corrected chi connectivity index (χ0v) is 16.8.